The van der Waals surface area contributed by atoms with Crippen LogP contribution in [0.5, 0.6) is 0 Å². The Hall–Kier alpha value is -1.37. The van der Waals surface area contributed by atoms with E-state index in [0.717, 1.165) is 25.5 Å². The molecule has 1 aromatic rings. The third-order valence-electron chi connectivity index (χ3n) is 2.06. The lowest BCUT2D eigenvalue weighted by Crippen LogP contribution is -1.79. The molecule has 0 amide bonds. The molecule has 0 fully saturated rings. The summed E-state index contributed by atoms with van der Waals surface area (Å²) in [6.07, 6.45) is 8.93. The molecule has 0 saturated carbocycles. The number of unbranched alkanes of at least 4 members (excludes halogenated alkanes) is 2. The Morgan fingerprint density at radius 2 is 1.79 bits per heavy atom. The molecule has 0 aromatic heterocycles. The van der Waals surface area contributed by atoms with Gasteiger partial charge < -0.3 is 4.79 Å². The SMILES string of the molecule is O=CCCCC=CCc1ccccc1. The molecule has 0 N–H and O–H groups in total. The lowest BCUT2D eigenvalue weighted by atomic mass is 10.1. The summed E-state index contributed by atoms with van der Waals surface area (Å²) in [5, 5.41) is 0. The van der Waals surface area contributed by atoms with E-state index in [9.17, 15) is 4.79 Å². The van der Waals surface area contributed by atoms with E-state index in [0.29, 0.717) is 6.42 Å². The molecule has 1 nitrogen and oxygen atoms in total. The molecular formula is C13H16O. The van der Waals surface area contributed by atoms with Crippen molar-refractivity contribution in [1.29, 1.82) is 0 Å². The van der Waals surface area contributed by atoms with Gasteiger partial charge in [0.2, 0.25) is 0 Å². The quantitative estimate of drug-likeness (QED) is 0.381. The zero-order chi connectivity index (χ0) is 10.1. The van der Waals surface area contributed by atoms with E-state index in [4.69, 9.17) is 0 Å². The number of carbonyl (C=O) groups is 1. The molecule has 1 heteroatoms. The predicted octanol–water partition coefficient (Wildman–Crippen LogP) is 3.15. The molecule has 14 heavy (non-hydrogen) atoms. The zero-order valence-electron chi connectivity index (χ0n) is 8.36. The molecule has 0 aliphatic carbocycles. The highest BCUT2D eigenvalue weighted by Crippen LogP contribution is 2.01. The summed E-state index contributed by atoms with van der Waals surface area (Å²) in [4.78, 5) is 10.0. The highest BCUT2D eigenvalue weighted by atomic mass is 16.1. The Morgan fingerprint density at radius 3 is 2.50 bits per heavy atom. The van der Waals surface area contributed by atoms with Crippen molar-refractivity contribution in [1.82, 2.24) is 0 Å². The maximum absolute atomic E-state index is 10.0. The molecule has 0 heterocycles. The first-order chi connectivity index (χ1) is 6.93. The minimum absolute atomic E-state index is 0.676. The minimum Gasteiger partial charge on any atom is -0.303 e. The summed E-state index contributed by atoms with van der Waals surface area (Å²) in [5.74, 6) is 0. The number of hydrogen-bond donors (Lipinski definition) is 0. The van der Waals surface area contributed by atoms with E-state index in [2.05, 4.69) is 36.4 Å². The van der Waals surface area contributed by atoms with Crippen LogP contribution in [-0.4, -0.2) is 6.29 Å². The van der Waals surface area contributed by atoms with E-state index in [1.165, 1.54) is 5.56 Å². The van der Waals surface area contributed by atoms with Crippen molar-refractivity contribution >= 4 is 6.29 Å². The Bertz CT molecular complexity index is 275. The van der Waals surface area contributed by atoms with Crippen LogP contribution in [0.15, 0.2) is 42.5 Å². The van der Waals surface area contributed by atoms with Gasteiger partial charge in [0.25, 0.3) is 0 Å². The minimum atomic E-state index is 0.676. The lowest BCUT2D eigenvalue weighted by molar-refractivity contribution is -0.107. The molecule has 0 aliphatic heterocycles. The van der Waals surface area contributed by atoms with E-state index in [-0.39, 0.29) is 0 Å². The van der Waals surface area contributed by atoms with Crippen molar-refractivity contribution in [2.24, 2.45) is 0 Å². The van der Waals surface area contributed by atoms with Gasteiger partial charge in [-0.05, 0) is 24.8 Å². The zero-order valence-corrected chi connectivity index (χ0v) is 8.36. The van der Waals surface area contributed by atoms with Gasteiger partial charge in [0.05, 0.1) is 0 Å². The molecular weight excluding hydrogens is 172 g/mol. The average molecular weight is 188 g/mol. The third-order valence-corrected chi connectivity index (χ3v) is 2.06. The van der Waals surface area contributed by atoms with Crippen LogP contribution in [0.2, 0.25) is 0 Å². The van der Waals surface area contributed by atoms with Gasteiger partial charge in [-0.15, -0.1) is 0 Å². The monoisotopic (exact) mass is 188 g/mol. The number of benzene rings is 1. The Kier molecular flexibility index (Phi) is 5.41. The summed E-state index contributed by atoms with van der Waals surface area (Å²) in [7, 11) is 0. The molecule has 0 unspecified atom stereocenters. The third kappa shape index (κ3) is 4.61. The predicted molar refractivity (Wildman–Crippen MR) is 59.2 cm³/mol. The fraction of sp³-hybridized carbons (Fsp3) is 0.308. The molecule has 0 bridgehead atoms. The standard InChI is InChI=1S/C13H16O/c14-12-8-3-1-2-5-9-13-10-6-4-7-11-13/h2,4-7,10-12H,1,3,8-9H2. The van der Waals surface area contributed by atoms with E-state index in [1.54, 1.807) is 0 Å². The number of carbonyl (C=O) groups excluding carboxylic acids is 1. The number of allylic oxidation sites excluding steroid dienone is 2. The molecule has 1 aromatic carbocycles. The molecule has 0 radical (unpaired) electrons. The van der Waals surface area contributed by atoms with Gasteiger partial charge in [-0.2, -0.15) is 0 Å². The van der Waals surface area contributed by atoms with Crippen LogP contribution in [0.25, 0.3) is 0 Å². The maximum Gasteiger partial charge on any atom is 0.120 e. The van der Waals surface area contributed by atoms with Gasteiger partial charge in [0.1, 0.15) is 6.29 Å². The summed E-state index contributed by atoms with van der Waals surface area (Å²) < 4.78 is 0. The summed E-state index contributed by atoms with van der Waals surface area (Å²) in [5.41, 5.74) is 1.33. The number of rotatable bonds is 6. The smallest absolute Gasteiger partial charge is 0.120 e. The van der Waals surface area contributed by atoms with E-state index >= 15 is 0 Å². The van der Waals surface area contributed by atoms with Gasteiger partial charge in [0.15, 0.2) is 0 Å². The maximum atomic E-state index is 10.0. The first-order valence-electron chi connectivity index (χ1n) is 5.06. The van der Waals surface area contributed by atoms with Gasteiger partial charge >= 0.3 is 0 Å². The van der Waals surface area contributed by atoms with E-state index < -0.39 is 0 Å². The van der Waals surface area contributed by atoms with Crippen LogP contribution in [-0.2, 0) is 11.2 Å². The Labute approximate surface area is 85.5 Å². The van der Waals surface area contributed by atoms with Crippen molar-refractivity contribution in [3.63, 3.8) is 0 Å². The highest BCUT2D eigenvalue weighted by Gasteiger charge is 1.85. The van der Waals surface area contributed by atoms with Crippen LogP contribution < -0.4 is 0 Å². The fourth-order valence-corrected chi connectivity index (χ4v) is 1.27. The summed E-state index contributed by atoms with van der Waals surface area (Å²) in [6, 6.07) is 10.4. The fourth-order valence-electron chi connectivity index (χ4n) is 1.27. The van der Waals surface area contributed by atoms with Crippen LogP contribution in [0, 0.1) is 0 Å². The second-order valence-corrected chi connectivity index (χ2v) is 3.26. The number of hydrogen-bond acceptors (Lipinski definition) is 1. The van der Waals surface area contributed by atoms with Crippen molar-refractivity contribution in [2.75, 3.05) is 0 Å². The lowest BCUT2D eigenvalue weighted by Gasteiger charge is -1.94. The second kappa shape index (κ2) is 7.07. The molecule has 0 saturated heterocycles. The largest absolute Gasteiger partial charge is 0.303 e. The van der Waals surface area contributed by atoms with Crippen molar-refractivity contribution < 1.29 is 4.79 Å². The van der Waals surface area contributed by atoms with Gasteiger partial charge in [-0.25, -0.2) is 0 Å². The molecule has 0 atom stereocenters. The van der Waals surface area contributed by atoms with E-state index in [1.807, 2.05) is 6.07 Å². The second-order valence-electron chi connectivity index (χ2n) is 3.26. The highest BCUT2D eigenvalue weighted by molar-refractivity contribution is 5.49. The molecule has 74 valence electrons. The van der Waals surface area contributed by atoms with Crippen molar-refractivity contribution in [3.8, 4) is 0 Å². The van der Waals surface area contributed by atoms with Gasteiger partial charge in [0, 0.05) is 6.42 Å². The summed E-state index contributed by atoms with van der Waals surface area (Å²) >= 11 is 0. The molecule has 1 rings (SSSR count). The Balaban J connectivity index is 2.17. The first kappa shape index (κ1) is 10.7. The topological polar surface area (TPSA) is 17.1 Å². The average Bonchev–Trinajstić information content (AvgIpc) is 2.25. The van der Waals surface area contributed by atoms with Gasteiger partial charge in [-0.3, -0.25) is 0 Å². The Morgan fingerprint density at radius 1 is 1.00 bits per heavy atom. The van der Waals surface area contributed by atoms with Crippen LogP contribution in [0.3, 0.4) is 0 Å². The van der Waals surface area contributed by atoms with Crippen LogP contribution in [0.1, 0.15) is 24.8 Å². The molecule has 0 spiro atoms. The van der Waals surface area contributed by atoms with Crippen LogP contribution >= 0.6 is 0 Å². The molecule has 0 aliphatic rings. The van der Waals surface area contributed by atoms with Crippen molar-refractivity contribution in [2.45, 2.75) is 25.7 Å². The van der Waals surface area contributed by atoms with Crippen molar-refractivity contribution in [3.05, 3.63) is 48.0 Å². The normalized spacial score (nSPS) is 10.6. The van der Waals surface area contributed by atoms with Gasteiger partial charge in [-0.1, -0.05) is 42.5 Å². The first-order valence-corrected chi connectivity index (χ1v) is 5.06. The van der Waals surface area contributed by atoms with Crippen LogP contribution in [0.4, 0.5) is 0 Å². The number of aldehydes is 1. The summed E-state index contributed by atoms with van der Waals surface area (Å²) in [6.45, 7) is 0.